The van der Waals surface area contributed by atoms with Crippen molar-refractivity contribution in [1.82, 2.24) is 4.90 Å². The van der Waals surface area contributed by atoms with Crippen molar-refractivity contribution in [2.24, 2.45) is 0 Å². The Balaban J connectivity index is 1.71. The number of amides is 1. The molecule has 2 saturated heterocycles. The van der Waals surface area contributed by atoms with E-state index in [4.69, 9.17) is 38.4 Å². The van der Waals surface area contributed by atoms with Crippen molar-refractivity contribution in [3.8, 4) is 5.75 Å². The minimum Gasteiger partial charge on any atom is -0.480 e. The highest BCUT2D eigenvalue weighted by Crippen LogP contribution is 2.34. The minimum atomic E-state index is -1.08. The Morgan fingerprint density at radius 3 is 3.00 bits per heavy atom. The van der Waals surface area contributed by atoms with E-state index in [0.29, 0.717) is 21.3 Å². The first-order valence-corrected chi connectivity index (χ1v) is 9.55. The van der Waals surface area contributed by atoms with Crippen LogP contribution < -0.4 is 4.74 Å². The summed E-state index contributed by atoms with van der Waals surface area (Å²) >= 11 is 12.7. The third-order valence-electron chi connectivity index (χ3n) is 3.89. The maximum absolute atomic E-state index is 12.6. The zero-order valence-corrected chi connectivity index (χ0v) is 16.0. The Hall–Kier alpha value is -1.61. The van der Waals surface area contributed by atoms with Gasteiger partial charge in [0.1, 0.15) is 10.1 Å². The number of thiocarbonyl (C=S) groups is 1. The van der Waals surface area contributed by atoms with Gasteiger partial charge in [0.05, 0.1) is 22.6 Å². The monoisotopic (exact) mass is 413 g/mol. The summed E-state index contributed by atoms with van der Waals surface area (Å²) in [7, 11) is 0. The van der Waals surface area contributed by atoms with Gasteiger partial charge in [0.15, 0.2) is 6.61 Å². The average Bonchev–Trinajstić information content (AvgIpc) is 3.18. The summed E-state index contributed by atoms with van der Waals surface area (Å²) in [6.07, 6.45) is 3.69. The van der Waals surface area contributed by atoms with Gasteiger partial charge in [-0.25, -0.2) is 4.79 Å². The largest absolute Gasteiger partial charge is 0.480 e. The van der Waals surface area contributed by atoms with Gasteiger partial charge in [0, 0.05) is 6.61 Å². The predicted octanol–water partition coefficient (Wildman–Crippen LogP) is 3.18. The number of hydrogen-bond acceptors (Lipinski definition) is 6. The van der Waals surface area contributed by atoms with Crippen molar-refractivity contribution in [2.75, 3.05) is 19.8 Å². The summed E-state index contributed by atoms with van der Waals surface area (Å²) in [5, 5.41) is 8.92. The van der Waals surface area contributed by atoms with E-state index in [-0.39, 0.29) is 22.8 Å². The number of halogens is 1. The molecule has 0 bridgehead atoms. The van der Waals surface area contributed by atoms with E-state index < -0.39 is 12.6 Å². The van der Waals surface area contributed by atoms with Crippen LogP contribution in [0.5, 0.6) is 5.75 Å². The van der Waals surface area contributed by atoms with Crippen LogP contribution in [0.3, 0.4) is 0 Å². The molecule has 138 valence electrons. The smallest absolute Gasteiger partial charge is 0.341 e. The molecule has 0 aliphatic carbocycles. The Bertz CT molecular complexity index is 776. The van der Waals surface area contributed by atoms with Crippen LogP contribution in [0.25, 0.3) is 6.08 Å². The number of hydrogen-bond donors (Lipinski definition) is 1. The van der Waals surface area contributed by atoms with Gasteiger partial charge in [-0.3, -0.25) is 9.69 Å². The van der Waals surface area contributed by atoms with Crippen LogP contribution in [0, 0.1) is 0 Å². The van der Waals surface area contributed by atoms with Crippen LogP contribution in [0.1, 0.15) is 18.4 Å². The Kier molecular flexibility index (Phi) is 6.18. The number of carbonyl (C=O) groups is 2. The molecular formula is C17H16ClNO5S2. The molecule has 0 unspecified atom stereocenters. The normalized spacial score (nSPS) is 21.7. The number of ether oxygens (including phenoxy) is 2. The van der Waals surface area contributed by atoms with E-state index in [2.05, 4.69) is 0 Å². The van der Waals surface area contributed by atoms with Crippen LogP contribution in [-0.4, -0.2) is 52.1 Å². The molecule has 2 heterocycles. The molecule has 3 rings (SSSR count). The summed E-state index contributed by atoms with van der Waals surface area (Å²) in [5.41, 5.74) is 0.704. The SMILES string of the molecule is O=C(O)COc1ccc(/C=C2\SC(=S)N(C[C@H]3CCCO3)C2=O)cc1Cl. The summed E-state index contributed by atoms with van der Waals surface area (Å²) in [6, 6.07) is 4.89. The molecule has 2 aliphatic heterocycles. The molecule has 1 atom stereocenters. The molecule has 0 saturated carbocycles. The van der Waals surface area contributed by atoms with Crippen LogP contribution in [0.4, 0.5) is 0 Å². The molecule has 2 fully saturated rings. The Morgan fingerprint density at radius 1 is 1.54 bits per heavy atom. The lowest BCUT2D eigenvalue weighted by Gasteiger charge is -2.18. The van der Waals surface area contributed by atoms with E-state index in [1.807, 2.05) is 0 Å². The first kappa shape index (κ1) is 19.2. The van der Waals surface area contributed by atoms with Gasteiger partial charge in [0.2, 0.25) is 0 Å². The third kappa shape index (κ3) is 4.56. The molecule has 1 N–H and O–H groups in total. The van der Waals surface area contributed by atoms with Gasteiger partial charge in [-0.2, -0.15) is 0 Å². The highest BCUT2D eigenvalue weighted by Gasteiger charge is 2.34. The van der Waals surface area contributed by atoms with Crippen molar-refractivity contribution in [1.29, 1.82) is 0 Å². The van der Waals surface area contributed by atoms with Gasteiger partial charge in [-0.15, -0.1) is 0 Å². The maximum atomic E-state index is 12.6. The number of carbonyl (C=O) groups excluding carboxylic acids is 1. The molecule has 2 aliphatic rings. The molecular weight excluding hydrogens is 398 g/mol. The number of thioether (sulfide) groups is 1. The molecule has 6 nitrogen and oxygen atoms in total. The predicted molar refractivity (Wildman–Crippen MR) is 103 cm³/mol. The standard InChI is InChI=1S/C17H16ClNO5S2/c18-12-6-10(3-4-13(12)24-9-15(20)21)7-14-16(22)19(17(25)26-14)8-11-2-1-5-23-11/h3-4,6-7,11H,1-2,5,8-9H2,(H,20,21)/b14-7-/t11-/m1/s1. The highest BCUT2D eigenvalue weighted by molar-refractivity contribution is 8.26. The van der Waals surface area contributed by atoms with Crippen molar-refractivity contribution >= 4 is 57.9 Å². The molecule has 9 heteroatoms. The second-order valence-corrected chi connectivity index (χ2v) is 7.88. The van der Waals surface area contributed by atoms with Crippen molar-refractivity contribution in [3.63, 3.8) is 0 Å². The number of aliphatic carboxylic acids is 1. The Morgan fingerprint density at radius 2 is 2.35 bits per heavy atom. The molecule has 26 heavy (non-hydrogen) atoms. The second-order valence-electron chi connectivity index (χ2n) is 5.80. The van der Waals surface area contributed by atoms with Gasteiger partial charge in [-0.1, -0.05) is 41.6 Å². The van der Waals surface area contributed by atoms with Crippen LogP contribution >= 0.6 is 35.6 Å². The van der Waals surface area contributed by atoms with Crippen LogP contribution in [0.15, 0.2) is 23.1 Å². The topological polar surface area (TPSA) is 76.1 Å². The van der Waals surface area contributed by atoms with Gasteiger partial charge in [-0.05, 0) is 36.6 Å². The number of rotatable bonds is 6. The fourth-order valence-electron chi connectivity index (χ4n) is 2.66. The Labute approximate surface area is 165 Å². The summed E-state index contributed by atoms with van der Waals surface area (Å²) in [6.45, 7) is 0.732. The number of nitrogens with zero attached hydrogens (tertiary/aromatic N) is 1. The number of carboxylic acid groups (broad SMARTS) is 1. The highest BCUT2D eigenvalue weighted by atomic mass is 35.5. The summed E-state index contributed by atoms with van der Waals surface area (Å²) in [4.78, 5) is 25.3. The molecule has 0 aromatic heterocycles. The van der Waals surface area contributed by atoms with Crippen molar-refractivity contribution < 1.29 is 24.2 Å². The zero-order valence-electron chi connectivity index (χ0n) is 13.6. The summed E-state index contributed by atoms with van der Waals surface area (Å²) < 4.78 is 11.2. The lowest BCUT2D eigenvalue weighted by Crippen LogP contribution is -2.35. The van der Waals surface area contributed by atoms with Crippen LogP contribution in [-0.2, 0) is 14.3 Å². The molecule has 0 radical (unpaired) electrons. The van der Waals surface area contributed by atoms with Gasteiger partial charge < -0.3 is 14.6 Å². The first-order valence-electron chi connectivity index (χ1n) is 7.95. The fourth-order valence-corrected chi connectivity index (χ4v) is 4.18. The average molecular weight is 414 g/mol. The van der Waals surface area contributed by atoms with Gasteiger partial charge >= 0.3 is 5.97 Å². The quantitative estimate of drug-likeness (QED) is 0.567. The van der Waals surface area contributed by atoms with Crippen molar-refractivity contribution in [3.05, 3.63) is 33.7 Å². The molecule has 0 spiro atoms. The van der Waals surface area contributed by atoms with Crippen molar-refractivity contribution in [2.45, 2.75) is 18.9 Å². The molecule has 1 aromatic rings. The molecule has 1 amide bonds. The van der Waals surface area contributed by atoms with E-state index in [1.54, 1.807) is 29.2 Å². The number of benzene rings is 1. The fraction of sp³-hybridized carbons (Fsp3) is 0.353. The van der Waals surface area contributed by atoms with E-state index in [9.17, 15) is 9.59 Å². The van der Waals surface area contributed by atoms with Crippen LogP contribution in [0.2, 0.25) is 5.02 Å². The zero-order chi connectivity index (χ0) is 18.7. The van der Waals surface area contributed by atoms with E-state index >= 15 is 0 Å². The molecule has 1 aromatic carbocycles. The first-order chi connectivity index (χ1) is 12.4. The lowest BCUT2D eigenvalue weighted by molar-refractivity contribution is -0.139. The maximum Gasteiger partial charge on any atom is 0.341 e. The second kappa shape index (κ2) is 8.39. The van der Waals surface area contributed by atoms with Gasteiger partial charge in [0.25, 0.3) is 5.91 Å². The number of carboxylic acids is 1. The summed E-state index contributed by atoms with van der Waals surface area (Å²) in [5.74, 6) is -0.949. The third-order valence-corrected chi connectivity index (χ3v) is 5.56. The minimum absolute atomic E-state index is 0.0389. The van der Waals surface area contributed by atoms with E-state index in [1.165, 1.54) is 11.8 Å². The van der Waals surface area contributed by atoms with E-state index in [0.717, 1.165) is 19.4 Å². The lowest BCUT2D eigenvalue weighted by atomic mass is 10.2.